The highest BCUT2D eigenvalue weighted by Gasteiger charge is 2.19. The van der Waals surface area contributed by atoms with E-state index in [9.17, 15) is 9.59 Å². The molecule has 2 aromatic rings. The Balaban J connectivity index is 1.70. The lowest BCUT2D eigenvalue weighted by molar-refractivity contribution is -0.123. The zero-order chi connectivity index (χ0) is 18.0. The van der Waals surface area contributed by atoms with Crippen molar-refractivity contribution in [3.63, 3.8) is 0 Å². The highest BCUT2D eigenvalue weighted by molar-refractivity contribution is 5.83. The molecule has 0 spiro atoms. The molecule has 1 atom stereocenters. The summed E-state index contributed by atoms with van der Waals surface area (Å²) in [5.41, 5.74) is 2.60. The molecule has 1 unspecified atom stereocenters. The van der Waals surface area contributed by atoms with Gasteiger partial charge in [0.25, 0.3) is 5.56 Å². The number of allylic oxidation sites excluding steroid dienone is 1. The van der Waals surface area contributed by atoms with Crippen LogP contribution in [0.3, 0.4) is 0 Å². The minimum absolute atomic E-state index is 0.128. The number of fused-ring (bicyclic) bond motifs is 1. The van der Waals surface area contributed by atoms with Crippen molar-refractivity contribution in [2.24, 2.45) is 7.05 Å². The normalized spacial score (nSPS) is 15.9. The van der Waals surface area contributed by atoms with Crippen LogP contribution in [0.25, 0.3) is 10.9 Å². The molecule has 0 bridgehead atoms. The van der Waals surface area contributed by atoms with E-state index in [2.05, 4.69) is 16.5 Å². The first-order chi connectivity index (χ1) is 12.0. The van der Waals surface area contributed by atoms with Gasteiger partial charge in [-0.15, -0.1) is 0 Å². The average molecular weight is 342 g/mol. The van der Waals surface area contributed by atoms with E-state index in [-0.39, 0.29) is 11.5 Å². The van der Waals surface area contributed by atoms with Gasteiger partial charge < -0.3 is 9.88 Å². The molecule has 3 rings (SSSR count). The van der Waals surface area contributed by atoms with Crippen molar-refractivity contribution in [3.05, 3.63) is 40.0 Å². The Kier molecular flexibility index (Phi) is 5.06. The van der Waals surface area contributed by atoms with Crippen LogP contribution >= 0.6 is 0 Å². The average Bonchev–Trinajstić information content (AvgIpc) is 2.90. The van der Waals surface area contributed by atoms with Crippen LogP contribution in [0.2, 0.25) is 0 Å². The maximum atomic E-state index is 12.7. The zero-order valence-corrected chi connectivity index (χ0v) is 15.2. The van der Waals surface area contributed by atoms with Crippen molar-refractivity contribution in [1.29, 1.82) is 0 Å². The van der Waals surface area contributed by atoms with Crippen LogP contribution < -0.4 is 10.9 Å². The smallest absolute Gasteiger partial charge is 0.277 e. The summed E-state index contributed by atoms with van der Waals surface area (Å²) in [4.78, 5) is 25.2. The predicted octanol–water partition coefficient (Wildman–Crippen LogP) is 2.61. The number of carbonyl (C=O) groups excluding carboxylic acids is 1. The van der Waals surface area contributed by atoms with E-state index in [0.717, 1.165) is 30.3 Å². The molecule has 6 heteroatoms. The largest absolute Gasteiger partial charge is 0.354 e. The van der Waals surface area contributed by atoms with Gasteiger partial charge in [0.05, 0.1) is 5.69 Å². The molecule has 0 radical (unpaired) electrons. The molecule has 1 aliphatic rings. The van der Waals surface area contributed by atoms with Gasteiger partial charge >= 0.3 is 0 Å². The molecule has 2 aromatic heterocycles. The Morgan fingerprint density at radius 1 is 1.40 bits per heavy atom. The second kappa shape index (κ2) is 7.25. The van der Waals surface area contributed by atoms with Crippen molar-refractivity contribution in [3.8, 4) is 0 Å². The van der Waals surface area contributed by atoms with Crippen LogP contribution in [0.15, 0.2) is 28.7 Å². The van der Waals surface area contributed by atoms with Crippen LogP contribution in [-0.2, 0) is 11.8 Å². The summed E-state index contributed by atoms with van der Waals surface area (Å²) in [6, 6.07) is 1.31. The SMILES string of the molecule is Cc1nn(C)c2c(=O)n(C(C)C(=O)NCCC3=CCCCC3)ccc12. The molecule has 0 aromatic carbocycles. The van der Waals surface area contributed by atoms with Gasteiger partial charge in [0, 0.05) is 25.2 Å². The van der Waals surface area contributed by atoms with Gasteiger partial charge in [-0.25, -0.2) is 0 Å². The highest BCUT2D eigenvalue weighted by Crippen LogP contribution is 2.19. The third-order valence-corrected chi connectivity index (χ3v) is 5.03. The minimum Gasteiger partial charge on any atom is -0.354 e. The lowest BCUT2D eigenvalue weighted by atomic mass is 9.97. The number of nitrogens with one attached hydrogen (secondary N) is 1. The molecular weight excluding hydrogens is 316 g/mol. The highest BCUT2D eigenvalue weighted by atomic mass is 16.2. The first-order valence-electron chi connectivity index (χ1n) is 8.99. The van der Waals surface area contributed by atoms with Crippen molar-refractivity contribution >= 4 is 16.8 Å². The lowest BCUT2D eigenvalue weighted by Crippen LogP contribution is -2.36. The van der Waals surface area contributed by atoms with Crippen LogP contribution in [-0.4, -0.2) is 26.8 Å². The Labute approximate surface area is 147 Å². The number of hydrogen-bond acceptors (Lipinski definition) is 3. The van der Waals surface area contributed by atoms with Crippen molar-refractivity contribution in [1.82, 2.24) is 19.7 Å². The van der Waals surface area contributed by atoms with Crippen LogP contribution in [0, 0.1) is 6.92 Å². The molecule has 134 valence electrons. The molecule has 0 aliphatic heterocycles. The summed E-state index contributed by atoms with van der Waals surface area (Å²) in [6.07, 6.45) is 9.69. The summed E-state index contributed by atoms with van der Waals surface area (Å²) in [7, 11) is 1.75. The fraction of sp³-hybridized carbons (Fsp3) is 0.526. The monoisotopic (exact) mass is 342 g/mol. The minimum atomic E-state index is -0.549. The topological polar surface area (TPSA) is 68.9 Å². The molecule has 6 nitrogen and oxygen atoms in total. The summed E-state index contributed by atoms with van der Waals surface area (Å²) in [5.74, 6) is -0.128. The fourth-order valence-corrected chi connectivity index (χ4v) is 3.53. The molecule has 1 aliphatic carbocycles. The van der Waals surface area contributed by atoms with E-state index < -0.39 is 6.04 Å². The number of aromatic nitrogens is 3. The summed E-state index contributed by atoms with van der Waals surface area (Å²) in [5, 5.41) is 8.09. The van der Waals surface area contributed by atoms with Crippen molar-refractivity contribution in [2.75, 3.05) is 6.54 Å². The summed E-state index contributed by atoms with van der Waals surface area (Å²) in [6.45, 7) is 4.25. The second-order valence-electron chi connectivity index (χ2n) is 6.82. The van der Waals surface area contributed by atoms with Gasteiger partial charge in [-0.3, -0.25) is 14.3 Å². The maximum Gasteiger partial charge on any atom is 0.277 e. The van der Waals surface area contributed by atoms with E-state index in [1.165, 1.54) is 23.0 Å². The van der Waals surface area contributed by atoms with Crippen LogP contribution in [0.4, 0.5) is 0 Å². The quantitative estimate of drug-likeness (QED) is 0.849. The van der Waals surface area contributed by atoms with Crippen LogP contribution in [0.1, 0.15) is 50.8 Å². The molecular formula is C19H26N4O2. The number of aryl methyl sites for hydroxylation is 2. The molecule has 1 N–H and O–H groups in total. The number of amides is 1. The van der Waals surface area contributed by atoms with E-state index in [1.54, 1.807) is 24.9 Å². The number of rotatable bonds is 5. The summed E-state index contributed by atoms with van der Waals surface area (Å²) < 4.78 is 3.07. The van der Waals surface area contributed by atoms with Gasteiger partial charge in [0.2, 0.25) is 5.91 Å². The maximum absolute atomic E-state index is 12.7. The summed E-state index contributed by atoms with van der Waals surface area (Å²) >= 11 is 0. The first-order valence-corrected chi connectivity index (χ1v) is 8.99. The predicted molar refractivity (Wildman–Crippen MR) is 98.6 cm³/mol. The lowest BCUT2D eigenvalue weighted by Gasteiger charge is -2.17. The van der Waals surface area contributed by atoms with Gasteiger partial charge in [0.1, 0.15) is 11.6 Å². The number of pyridine rings is 1. The zero-order valence-electron chi connectivity index (χ0n) is 15.2. The number of nitrogens with zero attached hydrogens (tertiary/aromatic N) is 3. The Bertz CT molecular complexity index is 875. The molecule has 1 amide bonds. The molecule has 2 heterocycles. The van der Waals surface area contributed by atoms with E-state index >= 15 is 0 Å². The Morgan fingerprint density at radius 3 is 2.92 bits per heavy atom. The van der Waals surface area contributed by atoms with E-state index in [4.69, 9.17) is 0 Å². The standard InChI is InChI=1S/C19H26N4O2/c1-13-16-10-12-23(19(25)17(16)22(3)21-13)14(2)18(24)20-11-9-15-7-5-4-6-8-15/h7,10,12,14H,4-6,8-9,11H2,1-3H3,(H,20,24). The number of carbonyl (C=O) groups is 1. The van der Waals surface area contributed by atoms with E-state index in [1.807, 2.05) is 13.0 Å². The molecule has 0 fully saturated rings. The fourth-order valence-electron chi connectivity index (χ4n) is 3.53. The van der Waals surface area contributed by atoms with Crippen LogP contribution in [0.5, 0.6) is 0 Å². The van der Waals surface area contributed by atoms with Gasteiger partial charge in [-0.05, 0) is 52.0 Å². The van der Waals surface area contributed by atoms with Gasteiger partial charge in [-0.1, -0.05) is 11.6 Å². The van der Waals surface area contributed by atoms with Gasteiger partial charge in [0.15, 0.2) is 0 Å². The van der Waals surface area contributed by atoms with Crippen molar-refractivity contribution in [2.45, 2.75) is 52.0 Å². The first kappa shape index (κ1) is 17.5. The van der Waals surface area contributed by atoms with Gasteiger partial charge in [-0.2, -0.15) is 5.10 Å². The molecule has 0 saturated carbocycles. The van der Waals surface area contributed by atoms with E-state index in [0.29, 0.717) is 12.1 Å². The molecule has 0 saturated heterocycles. The molecule has 25 heavy (non-hydrogen) atoms. The second-order valence-corrected chi connectivity index (χ2v) is 6.82. The third kappa shape index (κ3) is 3.52. The Morgan fingerprint density at radius 2 is 2.20 bits per heavy atom. The Hall–Kier alpha value is -2.37. The van der Waals surface area contributed by atoms with Crippen molar-refractivity contribution < 1.29 is 4.79 Å². The third-order valence-electron chi connectivity index (χ3n) is 5.03. The number of hydrogen-bond donors (Lipinski definition) is 1.